The minimum Gasteiger partial charge on any atom is -0.465 e. The molecule has 9 heteroatoms. The minimum atomic E-state index is -1.11. The first-order chi connectivity index (χ1) is 11.8. The van der Waals surface area contributed by atoms with Crippen LogP contribution in [0.5, 0.6) is 0 Å². The first-order valence-electron chi connectivity index (χ1n) is 7.63. The van der Waals surface area contributed by atoms with Crippen LogP contribution in [0.3, 0.4) is 0 Å². The Kier molecular flexibility index (Phi) is 6.51. The number of halogens is 2. The normalized spacial score (nSPS) is 23.8. The third kappa shape index (κ3) is 4.55. The van der Waals surface area contributed by atoms with Crippen molar-refractivity contribution in [2.45, 2.75) is 18.6 Å². The van der Waals surface area contributed by atoms with Gasteiger partial charge in [-0.05, 0) is 17.7 Å². The van der Waals surface area contributed by atoms with Crippen molar-refractivity contribution >= 4 is 35.2 Å². The molecule has 0 bridgehead atoms. The molecule has 0 aromatic heterocycles. The molecule has 2 N–H and O–H groups in total. The lowest BCUT2D eigenvalue weighted by Crippen LogP contribution is -2.55. The summed E-state index contributed by atoms with van der Waals surface area (Å²) in [4.78, 5) is 24.1. The molecule has 1 aliphatic rings. The van der Waals surface area contributed by atoms with Gasteiger partial charge >= 0.3 is 6.09 Å². The fraction of sp³-hybridized carbons (Fsp3) is 0.500. The number of hydrogen-bond acceptors (Lipinski definition) is 4. The lowest BCUT2D eigenvalue weighted by Gasteiger charge is -2.39. The maximum absolute atomic E-state index is 11.5. The zero-order valence-electron chi connectivity index (χ0n) is 13.9. The van der Waals surface area contributed by atoms with Crippen molar-refractivity contribution in [1.82, 2.24) is 10.2 Å². The Balaban J connectivity index is 2.45. The fourth-order valence-electron chi connectivity index (χ4n) is 2.82. The summed E-state index contributed by atoms with van der Waals surface area (Å²) in [5, 5.41) is 12.8. The van der Waals surface area contributed by atoms with Crippen molar-refractivity contribution in [2.24, 2.45) is 0 Å². The Bertz CT molecular complexity index is 657. The highest BCUT2D eigenvalue weighted by molar-refractivity contribution is 6.42. The maximum Gasteiger partial charge on any atom is 0.407 e. The molecule has 0 radical (unpaired) electrons. The molecule has 1 aromatic rings. The van der Waals surface area contributed by atoms with Gasteiger partial charge in [-0.15, -0.1) is 0 Å². The van der Waals surface area contributed by atoms with Gasteiger partial charge in [0.25, 0.3) is 0 Å². The van der Waals surface area contributed by atoms with E-state index < -0.39 is 17.8 Å². The van der Waals surface area contributed by atoms with E-state index in [1.165, 1.54) is 18.9 Å². The van der Waals surface area contributed by atoms with Crippen LogP contribution in [0.1, 0.15) is 18.6 Å². The Morgan fingerprint density at radius 3 is 2.72 bits per heavy atom. The van der Waals surface area contributed by atoms with Crippen LogP contribution in [-0.4, -0.2) is 61.0 Å². The number of nitrogens with one attached hydrogen (secondary N) is 1. The lowest BCUT2D eigenvalue weighted by atomic mass is 9.89. The van der Waals surface area contributed by atoms with Crippen LogP contribution in [0.2, 0.25) is 10.0 Å². The van der Waals surface area contributed by atoms with E-state index in [1.54, 1.807) is 18.2 Å². The van der Waals surface area contributed by atoms with Gasteiger partial charge in [0.15, 0.2) is 0 Å². The number of benzene rings is 1. The Morgan fingerprint density at radius 2 is 2.16 bits per heavy atom. The molecule has 2 amide bonds. The van der Waals surface area contributed by atoms with Crippen LogP contribution in [0.25, 0.3) is 0 Å². The zero-order valence-corrected chi connectivity index (χ0v) is 15.4. The van der Waals surface area contributed by atoms with E-state index in [-0.39, 0.29) is 32.1 Å². The molecule has 1 aromatic carbocycles. The number of rotatable bonds is 4. The summed E-state index contributed by atoms with van der Waals surface area (Å²) in [6, 6.07) is 5.05. The van der Waals surface area contributed by atoms with Crippen molar-refractivity contribution in [3.8, 4) is 0 Å². The number of carbonyl (C=O) groups is 2. The predicted octanol–water partition coefficient (Wildman–Crippen LogP) is 2.57. The van der Waals surface area contributed by atoms with E-state index in [4.69, 9.17) is 32.7 Å². The summed E-state index contributed by atoms with van der Waals surface area (Å²) in [5.41, 5.74) is -0.425. The number of carbonyl (C=O) groups excluding carboxylic acids is 1. The van der Waals surface area contributed by atoms with Gasteiger partial charge in [-0.3, -0.25) is 4.79 Å². The zero-order chi connectivity index (χ0) is 18.6. The van der Waals surface area contributed by atoms with Gasteiger partial charge < -0.3 is 24.8 Å². The van der Waals surface area contributed by atoms with Gasteiger partial charge in [-0.1, -0.05) is 29.3 Å². The van der Waals surface area contributed by atoms with Crippen LogP contribution in [-0.2, 0) is 14.3 Å². The van der Waals surface area contributed by atoms with Gasteiger partial charge in [0.05, 0.1) is 29.7 Å². The second-order valence-electron chi connectivity index (χ2n) is 5.81. The van der Waals surface area contributed by atoms with E-state index in [0.717, 1.165) is 0 Å². The SMILES string of the molecule is CO[C@]1(CNC(C)=O)CN(C(=O)O)CCO[C@@H]1c1ccc(Cl)c(Cl)c1. The molecule has 25 heavy (non-hydrogen) atoms. The predicted molar refractivity (Wildman–Crippen MR) is 93.2 cm³/mol. The van der Waals surface area contributed by atoms with E-state index in [1.807, 2.05) is 0 Å². The van der Waals surface area contributed by atoms with E-state index in [2.05, 4.69) is 5.32 Å². The summed E-state index contributed by atoms with van der Waals surface area (Å²) in [7, 11) is 1.46. The van der Waals surface area contributed by atoms with Crippen molar-refractivity contribution in [2.75, 3.05) is 33.4 Å². The number of amides is 2. The summed E-state index contributed by atoms with van der Waals surface area (Å²) >= 11 is 12.1. The third-order valence-electron chi connectivity index (χ3n) is 4.14. The third-order valence-corrected chi connectivity index (χ3v) is 4.88. The first-order valence-corrected chi connectivity index (χ1v) is 8.38. The van der Waals surface area contributed by atoms with E-state index >= 15 is 0 Å². The molecule has 7 nitrogen and oxygen atoms in total. The van der Waals surface area contributed by atoms with Crippen LogP contribution in [0.15, 0.2) is 18.2 Å². The average molecular weight is 391 g/mol. The molecule has 2 rings (SSSR count). The van der Waals surface area contributed by atoms with Gasteiger partial charge in [0.2, 0.25) is 5.91 Å². The topological polar surface area (TPSA) is 88.1 Å². The van der Waals surface area contributed by atoms with Crippen LogP contribution >= 0.6 is 23.2 Å². The van der Waals surface area contributed by atoms with Gasteiger partial charge in [-0.2, -0.15) is 0 Å². The van der Waals surface area contributed by atoms with Crippen molar-refractivity contribution in [3.05, 3.63) is 33.8 Å². The lowest BCUT2D eigenvalue weighted by molar-refractivity contribution is -0.131. The number of carboxylic acid groups (broad SMARTS) is 1. The molecule has 1 aliphatic heterocycles. The summed E-state index contributed by atoms with van der Waals surface area (Å²) in [6.45, 7) is 1.86. The molecule has 2 atom stereocenters. The Hall–Kier alpha value is -1.54. The molecular formula is C16H20Cl2N2O5. The molecule has 0 unspecified atom stereocenters. The molecule has 0 aliphatic carbocycles. The highest BCUT2D eigenvalue weighted by atomic mass is 35.5. The molecule has 1 saturated heterocycles. The largest absolute Gasteiger partial charge is 0.465 e. The number of hydrogen-bond donors (Lipinski definition) is 2. The van der Waals surface area contributed by atoms with Crippen molar-refractivity contribution < 1.29 is 24.2 Å². The number of nitrogens with zero attached hydrogens (tertiary/aromatic N) is 1. The summed E-state index contributed by atoms with van der Waals surface area (Å²) in [6.07, 6.45) is -1.72. The van der Waals surface area contributed by atoms with Crippen molar-refractivity contribution in [3.63, 3.8) is 0 Å². The Labute approximate surface area is 155 Å². The number of ether oxygens (including phenoxy) is 2. The minimum absolute atomic E-state index is 0.0318. The quantitative estimate of drug-likeness (QED) is 0.824. The number of methoxy groups -OCH3 is 1. The van der Waals surface area contributed by atoms with Crippen LogP contribution < -0.4 is 5.32 Å². The summed E-state index contributed by atoms with van der Waals surface area (Å²) in [5.74, 6) is -0.254. The molecule has 1 fully saturated rings. The monoisotopic (exact) mass is 390 g/mol. The Morgan fingerprint density at radius 1 is 1.44 bits per heavy atom. The highest BCUT2D eigenvalue weighted by Crippen LogP contribution is 2.37. The van der Waals surface area contributed by atoms with Gasteiger partial charge in [0, 0.05) is 20.6 Å². The van der Waals surface area contributed by atoms with Crippen LogP contribution in [0, 0.1) is 0 Å². The van der Waals surface area contributed by atoms with E-state index in [0.29, 0.717) is 15.6 Å². The smallest absolute Gasteiger partial charge is 0.407 e. The molecule has 0 spiro atoms. The molecule has 1 heterocycles. The second-order valence-corrected chi connectivity index (χ2v) is 6.62. The summed E-state index contributed by atoms with van der Waals surface area (Å²) < 4.78 is 11.6. The van der Waals surface area contributed by atoms with Crippen LogP contribution in [0.4, 0.5) is 4.79 Å². The second kappa shape index (κ2) is 8.23. The first kappa shape index (κ1) is 19.8. The van der Waals surface area contributed by atoms with Gasteiger partial charge in [-0.25, -0.2) is 4.79 Å². The highest BCUT2D eigenvalue weighted by Gasteiger charge is 2.45. The fourth-order valence-corrected chi connectivity index (χ4v) is 3.13. The van der Waals surface area contributed by atoms with E-state index in [9.17, 15) is 14.7 Å². The molecule has 138 valence electrons. The maximum atomic E-state index is 11.5. The standard InChI is InChI=1S/C16H20Cl2N2O5/c1-10(21)19-8-16(24-2)9-20(15(22)23)5-6-25-14(16)11-3-4-12(17)13(18)7-11/h3-4,7,14H,5-6,8-9H2,1-2H3,(H,19,21)(H,22,23)/t14-,16-/m1/s1. The molecule has 0 saturated carbocycles. The molecular weight excluding hydrogens is 371 g/mol. The van der Waals surface area contributed by atoms with Gasteiger partial charge in [0.1, 0.15) is 11.7 Å². The van der Waals surface area contributed by atoms with Crippen molar-refractivity contribution in [1.29, 1.82) is 0 Å². The average Bonchev–Trinajstić information content (AvgIpc) is 2.76.